The standard InChI is InChI=1S/C21H20BrN3O/c1-2-25-20(19(22)14-24-25)15-23-21(26)18(17-11-7-4-8-12-17)13-16-9-5-3-6-10-16/h3-14H,2,15H2,1H3,(H,23,26)/b18-13-. The van der Waals surface area contributed by atoms with Crippen LogP contribution in [0.5, 0.6) is 0 Å². The minimum atomic E-state index is -0.115. The van der Waals surface area contributed by atoms with Crippen molar-refractivity contribution < 1.29 is 4.79 Å². The van der Waals surface area contributed by atoms with Gasteiger partial charge in [-0.25, -0.2) is 0 Å². The van der Waals surface area contributed by atoms with Crippen LogP contribution < -0.4 is 5.32 Å². The van der Waals surface area contributed by atoms with E-state index < -0.39 is 0 Å². The molecule has 0 bridgehead atoms. The summed E-state index contributed by atoms with van der Waals surface area (Å²) in [4.78, 5) is 12.9. The summed E-state index contributed by atoms with van der Waals surface area (Å²) in [6, 6.07) is 19.6. The van der Waals surface area contributed by atoms with Crippen molar-refractivity contribution in [1.82, 2.24) is 15.1 Å². The van der Waals surface area contributed by atoms with E-state index in [-0.39, 0.29) is 5.91 Å². The van der Waals surface area contributed by atoms with Gasteiger partial charge in [-0.15, -0.1) is 0 Å². The molecule has 1 amide bonds. The third-order valence-electron chi connectivity index (χ3n) is 4.05. The maximum Gasteiger partial charge on any atom is 0.252 e. The van der Waals surface area contributed by atoms with Crippen molar-refractivity contribution in [2.45, 2.75) is 20.0 Å². The minimum absolute atomic E-state index is 0.115. The highest BCUT2D eigenvalue weighted by atomic mass is 79.9. The van der Waals surface area contributed by atoms with Gasteiger partial charge in [-0.3, -0.25) is 9.48 Å². The van der Waals surface area contributed by atoms with E-state index in [0.717, 1.165) is 27.8 Å². The van der Waals surface area contributed by atoms with Gasteiger partial charge in [0.2, 0.25) is 0 Å². The maximum absolute atomic E-state index is 12.9. The molecule has 0 aliphatic heterocycles. The molecule has 5 heteroatoms. The second-order valence-corrected chi connectivity index (χ2v) is 6.63. The molecule has 132 valence electrons. The molecule has 0 saturated carbocycles. The molecule has 1 N–H and O–H groups in total. The first-order chi connectivity index (χ1) is 12.7. The van der Waals surface area contributed by atoms with Gasteiger partial charge in [0.15, 0.2) is 0 Å². The van der Waals surface area contributed by atoms with Crippen molar-refractivity contribution in [2.75, 3.05) is 0 Å². The fraction of sp³-hybridized carbons (Fsp3) is 0.143. The molecular formula is C21H20BrN3O. The molecule has 0 atom stereocenters. The average molecular weight is 410 g/mol. The van der Waals surface area contributed by atoms with E-state index in [0.29, 0.717) is 12.1 Å². The number of aromatic nitrogens is 2. The van der Waals surface area contributed by atoms with Crippen LogP contribution in [-0.2, 0) is 17.9 Å². The molecule has 0 radical (unpaired) electrons. The molecule has 1 aromatic heterocycles. The fourth-order valence-corrected chi connectivity index (χ4v) is 3.15. The van der Waals surface area contributed by atoms with Crippen LogP contribution in [0.3, 0.4) is 0 Å². The summed E-state index contributed by atoms with van der Waals surface area (Å²) in [5, 5.41) is 7.31. The summed E-state index contributed by atoms with van der Waals surface area (Å²) in [6.45, 7) is 3.18. The molecule has 4 nitrogen and oxygen atoms in total. The minimum Gasteiger partial charge on any atom is -0.346 e. The number of nitrogens with one attached hydrogen (secondary N) is 1. The number of nitrogens with zero attached hydrogens (tertiary/aromatic N) is 2. The molecule has 0 saturated heterocycles. The van der Waals surface area contributed by atoms with Crippen molar-refractivity contribution >= 4 is 33.5 Å². The van der Waals surface area contributed by atoms with E-state index in [1.54, 1.807) is 6.20 Å². The smallest absolute Gasteiger partial charge is 0.252 e. The van der Waals surface area contributed by atoms with Gasteiger partial charge in [0.05, 0.1) is 22.9 Å². The Morgan fingerprint density at radius 3 is 2.42 bits per heavy atom. The van der Waals surface area contributed by atoms with E-state index in [2.05, 4.69) is 26.3 Å². The second kappa shape index (κ2) is 8.63. The van der Waals surface area contributed by atoms with Gasteiger partial charge >= 0.3 is 0 Å². The topological polar surface area (TPSA) is 46.9 Å². The number of hydrogen-bond donors (Lipinski definition) is 1. The highest BCUT2D eigenvalue weighted by Crippen LogP contribution is 2.20. The Bertz CT molecular complexity index is 902. The maximum atomic E-state index is 12.9. The normalized spacial score (nSPS) is 11.4. The first kappa shape index (κ1) is 18.1. The van der Waals surface area contributed by atoms with Crippen LogP contribution in [0.4, 0.5) is 0 Å². The third-order valence-corrected chi connectivity index (χ3v) is 4.72. The van der Waals surface area contributed by atoms with Crippen LogP contribution in [0, 0.1) is 0 Å². The third kappa shape index (κ3) is 4.29. The van der Waals surface area contributed by atoms with Crippen LogP contribution in [-0.4, -0.2) is 15.7 Å². The Morgan fingerprint density at radius 2 is 1.77 bits per heavy atom. The molecule has 26 heavy (non-hydrogen) atoms. The first-order valence-electron chi connectivity index (χ1n) is 8.49. The summed E-state index contributed by atoms with van der Waals surface area (Å²) < 4.78 is 2.76. The Morgan fingerprint density at radius 1 is 1.12 bits per heavy atom. The van der Waals surface area contributed by atoms with Crippen molar-refractivity contribution in [1.29, 1.82) is 0 Å². The summed E-state index contributed by atoms with van der Waals surface area (Å²) in [5.74, 6) is -0.115. The zero-order chi connectivity index (χ0) is 18.4. The van der Waals surface area contributed by atoms with Crippen LogP contribution in [0.2, 0.25) is 0 Å². The number of amides is 1. The number of carbonyl (C=O) groups excluding carboxylic acids is 1. The Balaban J connectivity index is 1.86. The second-order valence-electron chi connectivity index (χ2n) is 5.77. The van der Waals surface area contributed by atoms with Crippen molar-refractivity contribution in [3.05, 3.63) is 88.2 Å². The molecule has 3 rings (SSSR count). The molecule has 0 aliphatic carbocycles. The van der Waals surface area contributed by atoms with Crippen molar-refractivity contribution in [3.8, 4) is 0 Å². The van der Waals surface area contributed by atoms with E-state index >= 15 is 0 Å². The summed E-state index contributed by atoms with van der Waals surface area (Å²) in [6.07, 6.45) is 3.67. The molecule has 0 spiro atoms. The van der Waals surface area contributed by atoms with Crippen LogP contribution in [0.1, 0.15) is 23.7 Å². The zero-order valence-corrected chi connectivity index (χ0v) is 16.1. The molecule has 1 heterocycles. The van der Waals surface area contributed by atoms with Gasteiger partial charge in [-0.05, 0) is 40.1 Å². The number of hydrogen-bond acceptors (Lipinski definition) is 2. The Labute approximate surface area is 161 Å². The zero-order valence-electron chi connectivity index (χ0n) is 14.5. The van der Waals surface area contributed by atoms with Crippen molar-refractivity contribution in [2.24, 2.45) is 0 Å². The fourth-order valence-electron chi connectivity index (χ4n) is 2.71. The number of benzene rings is 2. The van der Waals surface area contributed by atoms with Crippen molar-refractivity contribution in [3.63, 3.8) is 0 Å². The lowest BCUT2D eigenvalue weighted by molar-refractivity contribution is -0.115. The Hall–Kier alpha value is -2.66. The largest absolute Gasteiger partial charge is 0.346 e. The lowest BCUT2D eigenvalue weighted by Gasteiger charge is -2.11. The molecule has 0 fully saturated rings. The Kier molecular flexibility index (Phi) is 6.02. The van der Waals surface area contributed by atoms with E-state index in [1.165, 1.54) is 0 Å². The van der Waals surface area contributed by atoms with Gasteiger partial charge in [0.1, 0.15) is 0 Å². The molecule has 3 aromatic rings. The number of rotatable bonds is 6. The van der Waals surface area contributed by atoms with Crippen LogP contribution in [0.15, 0.2) is 71.3 Å². The number of halogens is 1. The number of carbonyl (C=O) groups is 1. The van der Waals surface area contributed by atoms with Crippen LogP contribution in [0.25, 0.3) is 11.6 Å². The molecular weight excluding hydrogens is 390 g/mol. The van der Waals surface area contributed by atoms with E-state index in [9.17, 15) is 4.79 Å². The molecule has 0 aliphatic rings. The molecule has 2 aromatic carbocycles. The predicted molar refractivity (Wildman–Crippen MR) is 108 cm³/mol. The summed E-state index contributed by atoms with van der Waals surface area (Å²) in [7, 11) is 0. The first-order valence-corrected chi connectivity index (χ1v) is 9.29. The lowest BCUT2D eigenvalue weighted by atomic mass is 10.0. The highest BCUT2D eigenvalue weighted by Gasteiger charge is 2.14. The van der Waals surface area contributed by atoms with Crippen LogP contribution >= 0.6 is 15.9 Å². The quantitative estimate of drug-likeness (QED) is 0.480. The predicted octanol–water partition coefficient (Wildman–Crippen LogP) is 4.52. The molecule has 0 unspecified atom stereocenters. The summed E-state index contributed by atoms with van der Waals surface area (Å²) >= 11 is 3.49. The van der Waals surface area contributed by atoms with Gasteiger partial charge < -0.3 is 5.32 Å². The lowest BCUT2D eigenvalue weighted by Crippen LogP contribution is -2.25. The van der Waals surface area contributed by atoms with E-state index in [1.807, 2.05) is 78.3 Å². The van der Waals surface area contributed by atoms with Gasteiger partial charge in [-0.2, -0.15) is 5.10 Å². The SMILES string of the molecule is CCn1ncc(Br)c1CNC(=O)/C(=C\c1ccccc1)c1ccccc1. The number of aryl methyl sites for hydroxylation is 1. The van der Waals surface area contributed by atoms with E-state index in [4.69, 9.17) is 0 Å². The van der Waals surface area contributed by atoms with Gasteiger partial charge in [0, 0.05) is 12.1 Å². The highest BCUT2D eigenvalue weighted by molar-refractivity contribution is 9.10. The monoisotopic (exact) mass is 409 g/mol. The van der Waals surface area contributed by atoms with Gasteiger partial charge in [-0.1, -0.05) is 60.7 Å². The average Bonchev–Trinajstić information content (AvgIpc) is 3.05. The summed E-state index contributed by atoms with van der Waals surface area (Å²) in [5.41, 5.74) is 3.46. The van der Waals surface area contributed by atoms with Gasteiger partial charge in [0.25, 0.3) is 5.91 Å².